The Morgan fingerprint density at radius 2 is 1.95 bits per heavy atom. The first-order valence-corrected chi connectivity index (χ1v) is 7.81. The van der Waals surface area contributed by atoms with E-state index in [1.807, 2.05) is 0 Å². The molecule has 1 aliphatic heterocycles. The molecule has 5 heteroatoms. The van der Waals surface area contributed by atoms with Gasteiger partial charge in [0.15, 0.2) is 9.84 Å². The molecule has 1 aromatic rings. The monoisotopic (exact) mass is 280 g/mol. The molecule has 4 nitrogen and oxygen atoms in total. The molecule has 0 bridgehead atoms. The number of aliphatic carboxylic acids is 1. The number of benzene rings is 1. The van der Waals surface area contributed by atoms with Gasteiger partial charge in [-0.15, -0.1) is 0 Å². The van der Waals surface area contributed by atoms with Crippen molar-refractivity contribution in [3.63, 3.8) is 0 Å². The molecule has 2 rings (SSSR count). The summed E-state index contributed by atoms with van der Waals surface area (Å²) in [5, 5.41) is 8.91. The van der Waals surface area contributed by atoms with Gasteiger partial charge >= 0.3 is 5.97 Å². The molecular weight excluding hydrogens is 264 g/mol. The van der Waals surface area contributed by atoms with Crippen LogP contribution in [-0.4, -0.2) is 25.2 Å². The van der Waals surface area contributed by atoms with Gasteiger partial charge in [-0.05, 0) is 37.0 Å². The molecule has 1 unspecified atom stereocenters. The predicted molar refractivity (Wildman–Crippen MR) is 73.5 cm³/mol. The van der Waals surface area contributed by atoms with Crippen molar-refractivity contribution < 1.29 is 18.3 Å². The van der Waals surface area contributed by atoms with E-state index < -0.39 is 21.7 Å². The van der Waals surface area contributed by atoms with Crippen LogP contribution in [-0.2, 0) is 14.6 Å². The zero-order valence-electron chi connectivity index (χ0n) is 10.7. The molecule has 1 aliphatic rings. The molecule has 0 aromatic heterocycles. The Kier molecular flexibility index (Phi) is 3.75. The standard InChI is InChI=1S/C14H16O4S/c1-10(14(15)16)12-6-4-11(5-7-12)9-13-3-2-8-19(13,17)18/h4-7,9-10H,2-3,8H2,1H3,(H,15,16)/b13-9+. The maximum absolute atomic E-state index is 11.7. The molecule has 0 spiro atoms. The molecule has 102 valence electrons. The van der Waals surface area contributed by atoms with E-state index in [1.54, 1.807) is 37.3 Å². The van der Waals surface area contributed by atoms with Crippen LogP contribution in [0.5, 0.6) is 0 Å². The van der Waals surface area contributed by atoms with Crippen LogP contribution in [0.2, 0.25) is 0 Å². The number of allylic oxidation sites excluding steroid dienone is 1. The molecule has 0 saturated carbocycles. The number of sulfone groups is 1. The van der Waals surface area contributed by atoms with Crippen LogP contribution in [0.15, 0.2) is 29.2 Å². The quantitative estimate of drug-likeness (QED) is 0.923. The highest BCUT2D eigenvalue weighted by molar-refractivity contribution is 7.95. The summed E-state index contributed by atoms with van der Waals surface area (Å²) in [6.07, 6.45) is 2.95. The lowest BCUT2D eigenvalue weighted by molar-refractivity contribution is -0.138. The van der Waals surface area contributed by atoms with Gasteiger partial charge in [0.05, 0.1) is 11.7 Å². The van der Waals surface area contributed by atoms with Crippen LogP contribution in [0.3, 0.4) is 0 Å². The Hall–Kier alpha value is -1.62. The summed E-state index contributed by atoms with van der Waals surface area (Å²) < 4.78 is 23.4. The van der Waals surface area contributed by atoms with Gasteiger partial charge in [-0.1, -0.05) is 24.3 Å². The zero-order chi connectivity index (χ0) is 14.0. The average Bonchev–Trinajstić information content (AvgIpc) is 2.69. The predicted octanol–water partition coefficient (Wildman–Crippen LogP) is 2.42. The van der Waals surface area contributed by atoms with Gasteiger partial charge in [0.1, 0.15) is 0 Å². The topological polar surface area (TPSA) is 71.4 Å². The Morgan fingerprint density at radius 1 is 1.32 bits per heavy atom. The van der Waals surface area contributed by atoms with Gasteiger partial charge in [-0.3, -0.25) is 4.79 Å². The van der Waals surface area contributed by atoms with Crippen molar-refractivity contribution in [2.24, 2.45) is 0 Å². The second kappa shape index (κ2) is 5.17. The first kappa shape index (κ1) is 13.8. The smallest absolute Gasteiger partial charge is 0.310 e. The second-order valence-corrected chi connectivity index (χ2v) is 6.92. The van der Waals surface area contributed by atoms with Crippen molar-refractivity contribution in [2.75, 3.05) is 5.75 Å². The summed E-state index contributed by atoms with van der Waals surface area (Å²) in [6.45, 7) is 1.62. The van der Waals surface area contributed by atoms with E-state index in [-0.39, 0.29) is 5.75 Å². The summed E-state index contributed by atoms with van der Waals surface area (Å²) in [7, 11) is -3.06. The summed E-state index contributed by atoms with van der Waals surface area (Å²) in [5.74, 6) is -1.20. The van der Waals surface area contributed by atoms with Crippen molar-refractivity contribution in [3.8, 4) is 0 Å². The molecule has 19 heavy (non-hydrogen) atoms. The van der Waals surface area contributed by atoms with Gasteiger partial charge in [0.25, 0.3) is 0 Å². The Labute approximate surface area is 112 Å². The van der Waals surface area contributed by atoms with Crippen molar-refractivity contribution in [1.29, 1.82) is 0 Å². The Morgan fingerprint density at radius 3 is 2.42 bits per heavy atom. The lowest BCUT2D eigenvalue weighted by Crippen LogP contribution is -2.07. The lowest BCUT2D eigenvalue weighted by atomic mass is 10.00. The number of carboxylic acid groups (broad SMARTS) is 1. The van der Waals surface area contributed by atoms with E-state index >= 15 is 0 Å². The van der Waals surface area contributed by atoms with E-state index in [9.17, 15) is 13.2 Å². The first-order chi connectivity index (χ1) is 8.90. The van der Waals surface area contributed by atoms with Crippen LogP contribution in [0, 0.1) is 0 Å². The molecule has 0 aliphatic carbocycles. The minimum Gasteiger partial charge on any atom is -0.481 e. The molecule has 1 saturated heterocycles. The third kappa shape index (κ3) is 3.04. The number of rotatable bonds is 3. The highest BCUT2D eigenvalue weighted by Crippen LogP contribution is 2.26. The second-order valence-electron chi connectivity index (χ2n) is 4.76. The number of hydrogen-bond donors (Lipinski definition) is 1. The van der Waals surface area contributed by atoms with E-state index in [1.165, 1.54) is 0 Å². The van der Waals surface area contributed by atoms with E-state index in [2.05, 4.69) is 0 Å². The number of hydrogen-bond acceptors (Lipinski definition) is 3. The van der Waals surface area contributed by atoms with Crippen LogP contribution < -0.4 is 0 Å². The Bertz CT molecular complexity index is 611. The minimum atomic E-state index is -3.06. The molecule has 0 amide bonds. The van der Waals surface area contributed by atoms with Crippen LogP contribution in [0.25, 0.3) is 6.08 Å². The molecule has 1 aromatic carbocycles. The maximum Gasteiger partial charge on any atom is 0.310 e. The van der Waals surface area contributed by atoms with E-state index in [0.29, 0.717) is 23.3 Å². The van der Waals surface area contributed by atoms with Crippen LogP contribution >= 0.6 is 0 Å². The van der Waals surface area contributed by atoms with Crippen LogP contribution in [0.4, 0.5) is 0 Å². The van der Waals surface area contributed by atoms with Crippen molar-refractivity contribution in [3.05, 3.63) is 40.3 Å². The number of carbonyl (C=O) groups is 1. The maximum atomic E-state index is 11.7. The SMILES string of the molecule is CC(C(=O)O)c1ccc(/C=C2\CCCS2(=O)=O)cc1. The fraction of sp³-hybridized carbons (Fsp3) is 0.357. The fourth-order valence-electron chi connectivity index (χ4n) is 2.09. The summed E-state index contributed by atoms with van der Waals surface area (Å²) >= 11 is 0. The minimum absolute atomic E-state index is 0.229. The largest absolute Gasteiger partial charge is 0.481 e. The summed E-state index contributed by atoms with van der Waals surface area (Å²) in [6, 6.07) is 6.98. The lowest BCUT2D eigenvalue weighted by Gasteiger charge is -2.06. The molecule has 1 atom stereocenters. The molecule has 1 fully saturated rings. The van der Waals surface area contributed by atoms with Gasteiger partial charge < -0.3 is 5.11 Å². The molecular formula is C14H16O4S. The van der Waals surface area contributed by atoms with Gasteiger partial charge in [0, 0.05) is 4.91 Å². The third-order valence-electron chi connectivity index (χ3n) is 3.37. The van der Waals surface area contributed by atoms with Gasteiger partial charge in [0.2, 0.25) is 0 Å². The molecule has 1 N–H and O–H groups in total. The fourth-order valence-corrected chi connectivity index (χ4v) is 3.65. The highest BCUT2D eigenvalue weighted by Gasteiger charge is 2.24. The van der Waals surface area contributed by atoms with Crippen molar-refractivity contribution in [2.45, 2.75) is 25.7 Å². The molecule has 0 radical (unpaired) electrons. The Balaban J connectivity index is 2.25. The normalized spacial score (nSPS) is 21.4. The summed E-state index contributed by atoms with van der Waals surface area (Å²) in [5.41, 5.74) is 1.51. The molecule has 1 heterocycles. The van der Waals surface area contributed by atoms with Crippen molar-refractivity contribution in [1.82, 2.24) is 0 Å². The first-order valence-electron chi connectivity index (χ1n) is 6.16. The van der Waals surface area contributed by atoms with Crippen molar-refractivity contribution >= 4 is 21.9 Å². The van der Waals surface area contributed by atoms with Gasteiger partial charge in [-0.25, -0.2) is 8.42 Å². The third-order valence-corrected chi connectivity index (χ3v) is 5.32. The van der Waals surface area contributed by atoms with Crippen LogP contribution in [0.1, 0.15) is 36.8 Å². The summed E-state index contributed by atoms with van der Waals surface area (Å²) in [4.78, 5) is 11.3. The highest BCUT2D eigenvalue weighted by atomic mass is 32.2. The zero-order valence-corrected chi connectivity index (χ0v) is 11.5. The number of carboxylic acids is 1. The van der Waals surface area contributed by atoms with E-state index in [4.69, 9.17) is 5.11 Å². The average molecular weight is 280 g/mol. The van der Waals surface area contributed by atoms with Gasteiger partial charge in [-0.2, -0.15) is 0 Å². The van der Waals surface area contributed by atoms with E-state index in [0.717, 1.165) is 5.56 Å².